The third-order valence-corrected chi connectivity index (χ3v) is 6.74. The predicted molar refractivity (Wildman–Crippen MR) is 146 cm³/mol. The number of carbonyl (C=O) groups is 1. The zero-order valence-electron chi connectivity index (χ0n) is 21.3. The van der Waals surface area contributed by atoms with Gasteiger partial charge in [0.1, 0.15) is 17.3 Å². The Morgan fingerprint density at radius 1 is 1.05 bits per heavy atom. The van der Waals surface area contributed by atoms with Crippen LogP contribution in [-0.2, 0) is 11.2 Å². The second-order valence-electron chi connectivity index (χ2n) is 9.82. The number of anilines is 2. The monoisotopic (exact) mass is 545 g/mol. The van der Waals surface area contributed by atoms with Crippen molar-refractivity contribution in [3.05, 3.63) is 96.2 Å². The van der Waals surface area contributed by atoms with E-state index in [0.29, 0.717) is 29.8 Å². The summed E-state index contributed by atoms with van der Waals surface area (Å²) >= 11 is 0. The Kier molecular flexibility index (Phi) is 7.50. The second kappa shape index (κ2) is 11.2. The highest BCUT2D eigenvalue weighted by Crippen LogP contribution is 2.40. The molecule has 1 aliphatic carbocycles. The number of benzene rings is 2. The van der Waals surface area contributed by atoms with Crippen LogP contribution in [0.5, 0.6) is 11.6 Å². The number of nitrogen functional groups attached to an aromatic ring is 1. The number of halogens is 3. The van der Waals surface area contributed by atoms with Crippen LogP contribution in [0, 0.1) is 17.1 Å². The molecule has 2 aromatic carbocycles. The molecule has 4 aromatic rings. The van der Waals surface area contributed by atoms with E-state index in [1.807, 2.05) is 6.07 Å². The van der Waals surface area contributed by atoms with Crippen molar-refractivity contribution in [1.82, 2.24) is 9.97 Å². The van der Waals surface area contributed by atoms with Gasteiger partial charge in [0, 0.05) is 48.1 Å². The standard InChI is InChI=1S/C30H26F3N5O2/c31-22-2-5-24(6-3-22)40-27-8-4-23(17-37-27)38-29(39)28(35)25-13-20(1-7-26(25)34)21-12-19(15-36-16-21)11-18-9-10-30(32,33)14-18/h1-8,12-13,15-18,35H,9-11,14,34H2,(H,38,39). The van der Waals surface area contributed by atoms with Gasteiger partial charge < -0.3 is 15.8 Å². The van der Waals surface area contributed by atoms with Crippen molar-refractivity contribution in [3.63, 3.8) is 0 Å². The fourth-order valence-corrected chi connectivity index (χ4v) is 4.71. The lowest BCUT2D eigenvalue weighted by Crippen LogP contribution is -2.24. The van der Waals surface area contributed by atoms with Gasteiger partial charge in [-0.1, -0.05) is 6.07 Å². The Morgan fingerprint density at radius 3 is 2.55 bits per heavy atom. The number of amides is 1. The zero-order chi connectivity index (χ0) is 28.3. The van der Waals surface area contributed by atoms with E-state index in [1.54, 1.807) is 36.7 Å². The summed E-state index contributed by atoms with van der Waals surface area (Å²) in [5.41, 5.74) is 8.87. The summed E-state index contributed by atoms with van der Waals surface area (Å²) in [6.07, 6.45) is 5.49. The van der Waals surface area contributed by atoms with Gasteiger partial charge in [-0.3, -0.25) is 15.2 Å². The molecule has 0 saturated heterocycles. The van der Waals surface area contributed by atoms with E-state index in [4.69, 9.17) is 15.9 Å². The van der Waals surface area contributed by atoms with E-state index < -0.39 is 11.8 Å². The lowest BCUT2D eigenvalue weighted by atomic mass is 9.95. The first-order chi connectivity index (χ1) is 19.1. The molecule has 1 atom stereocenters. The van der Waals surface area contributed by atoms with Gasteiger partial charge in [-0.25, -0.2) is 18.2 Å². The Labute approximate surface area is 228 Å². The number of ether oxygens (including phenoxy) is 1. The first-order valence-corrected chi connectivity index (χ1v) is 12.7. The minimum absolute atomic E-state index is 0.0831. The van der Waals surface area contributed by atoms with E-state index in [1.165, 1.54) is 36.5 Å². The van der Waals surface area contributed by atoms with Crippen LogP contribution in [0.4, 0.5) is 24.5 Å². The maximum atomic E-state index is 13.6. The normalized spacial score (nSPS) is 15.9. The first kappa shape index (κ1) is 26.9. The summed E-state index contributed by atoms with van der Waals surface area (Å²) in [5, 5.41) is 11.1. The van der Waals surface area contributed by atoms with Crippen molar-refractivity contribution in [1.29, 1.82) is 5.41 Å². The fourth-order valence-electron chi connectivity index (χ4n) is 4.71. The number of carbonyl (C=O) groups excluding carboxylic acids is 1. The number of nitrogens with zero attached hydrogens (tertiary/aromatic N) is 2. The van der Waals surface area contributed by atoms with Crippen LogP contribution < -0.4 is 15.8 Å². The fraction of sp³-hybridized carbons (Fsp3) is 0.200. The van der Waals surface area contributed by atoms with Crippen LogP contribution in [0.2, 0.25) is 0 Å². The topological polar surface area (TPSA) is 114 Å². The summed E-state index contributed by atoms with van der Waals surface area (Å²) < 4.78 is 45.8. The largest absolute Gasteiger partial charge is 0.439 e. The molecule has 40 heavy (non-hydrogen) atoms. The molecule has 2 aromatic heterocycles. The van der Waals surface area contributed by atoms with Crippen molar-refractivity contribution < 1.29 is 22.7 Å². The van der Waals surface area contributed by atoms with Gasteiger partial charge >= 0.3 is 0 Å². The van der Waals surface area contributed by atoms with Gasteiger partial charge in [0.15, 0.2) is 0 Å². The Balaban J connectivity index is 1.26. The van der Waals surface area contributed by atoms with Crippen LogP contribution in [0.3, 0.4) is 0 Å². The molecule has 0 spiro atoms. The van der Waals surface area contributed by atoms with Gasteiger partial charge in [0.05, 0.1) is 11.9 Å². The molecule has 5 rings (SSSR count). The number of alkyl halides is 2. The van der Waals surface area contributed by atoms with Crippen molar-refractivity contribution in [2.75, 3.05) is 11.1 Å². The van der Waals surface area contributed by atoms with E-state index in [9.17, 15) is 18.0 Å². The number of hydrogen-bond acceptors (Lipinski definition) is 6. The van der Waals surface area contributed by atoms with Crippen molar-refractivity contribution in [2.24, 2.45) is 5.92 Å². The highest BCUT2D eigenvalue weighted by molar-refractivity contribution is 6.48. The Bertz CT molecular complexity index is 1540. The molecule has 1 fully saturated rings. The molecule has 7 nitrogen and oxygen atoms in total. The SMILES string of the molecule is N=C(C(=O)Nc1ccc(Oc2ccc(F)cc2)nc1)c1cc(-c2cncc(CC3CCC(F)(F)C3)c2)ccc1N. The molecule has 10 heteroatoms. The summed E-state index contributed by atoms with van der Waals surface area (Å²) in [5.74, 6) is -3.11. The highest BCUT2D eigenvalue weighted by Gasteiger charge is 2.39. The number of rotatable bonds is 8. The molecule has 1 aliphatic rings. The molecule has 204 valence electrons. The van der Waals surface area contributed by atoms with E-state index >= 15 is 0 Å². The van der Waals surface area contributed by atoms with E-state index in [2.05, 4.69) is 15.3 Å². The van der Waals surface area contributed by atoms with Crippen LogP contribution in [0.1, 0.15) is 30.4 Å². The smallest absolute Gasteiger partial charge is 0.274 e. The number of hydrogen-bond donors (Lipinski definition) is 3. The lowest BCUT2D eigenvalue weighted by Gasteiger charge is -2.13. The molecule has 1 amide bonds. The van der Waals surface area contributed by atoms with E-state index in [-0.39, 0.29) is 47.4 Å². The number of nitrogens with two attached hydrogens (primary N) is 1. The van der Waals surface area contributed by atoms with E-state index in [0.717, 1.165) is 11.1 Å². The van der Waals surface area contributed by atoms with Gasteiger partial charge in [-0.2, -0.15) is 0 Å². The van der Waals surface area contributed by atoms with Gasteiger partial charge in [0.2, 0.25) is 11.8 Å². The van der Waals surface area contributed by atoms with Gasteiger partial charge in [-0.15, -0.1) is 0 Å². The summed E-state index contributed by atoms with van der Waals surface area (Å²) in [7, 11) is 0. The lowest BCUT2D eigenvalue weighted by molar-refractivity contribution is -0.110. The number of nitrogens with one attached hydrogen (secondary N) is 2. The van der Waals surface area contributed by atoms with Crippen LogP contribution >= 0.6 is 0 Å². The molecular weight excluding hydrogens is 519 g/mol. The average molecular weight is 546 g/mol. The van der Waals surface area contributed by atoms with Crippen molar-refractivity contribution >= 4 is 23.0 Å². The van der Waals surface area contributed by atoms with Gasteiger partial charge in [-0.05, 0) is 78.4 Å². The van der Waals surface area contributed by atoms with Gasteiger partial charge in [0.25, 0.3) is 5.91 Å². The summed E-state index contributed by atoms with van der Waals surface area (Å²) in [6, 6.07) is 15.5. The third kappa shape index (κ3) is 6.45. The minimum atomic E-state index is -2.60. The van der Waals surface area contributed by atoms with Crippen LogP contribution in [0.15, 0.2) is 79.3 Å². The molecule has 1 unspecified atom stereocenters. The average Bonchev–Trinajstić information content (AvgIpc) is 3.28. The summed E-state index contributed by atoms with van der Waals surface area (Å²) in [6.45, 7) is 0. The molecule has 1 saturated carbocycles. The molecule has 0 aliphatic heterocycles. The minimum Gasteiger partial charge on any atom is -0.439 e. The number of pyridine rings is 2. The third-order valence-electron chi connectivity index (χ3n) is 6.74. The summed E-state index contributed by atoms with van der Waals surface area (Å²) in [4.78, 5) is 21.3. The van der Waals surface area contributed by atoms with Crippen LogP contribution in [0.25, 0.3) is 11.1 Å². The van der Waals surface area contributed by atoms with Crippen LogP contribution in [-0.4, -0.2) is 27.5 Å². The number of aromatic nitrogens is 2. The predicted octanol–water partition coefficient (Wildman–Crippen LogP) is 6.64. The van der Waals surface area contributed by atoms with Crippen molar-refractivity contribution in [2.45, 2.75) is 31.6 Å². The zero-order valence-corrected chi connectivity index (χ0v) is 21.3. The molecule has 0 bridgehead atoms. The Morgan fingerprint density at radius 2 is 1.85 bits per heavy atom. The molecular formula is C30H26F3N5O2. The second-order valence-corrected chi connectivity index (χ2v) is 9.82. The quantitative estimate of drug-likeness (QED) is 0.170. The Hall–Kier alpha value is -4.73. The highest BCUT2D eigenvalue weighted by atomic mass is 19.3. The molecule has 2 heterocycles. The van der Waals surface area contributed by atoms with Crippen molar-refractivity contribution in [3.8, 4) is 22.8 Å². The maximum absolute atomic E-state index is 13.6. The molecule has 4 N–H and O–H groups in total. The maximum Gasteiger partial charge on any atom is 0.274 e. The molecule has 0 radical (unpaired) electrons. The first-order valence-electron chi connectivity index (χ1n) is 12.7.